The van der Waals surface area contributed by atoms with Crippen molar-refractivity contribution < 1.29 is 19.0 Å². The van der Waals surface area contributed by atoms with Crippen LogP contribution in [0.5, 0.6) is 11.5 Å². The summed E-state index contributed by atoms with van der Waals surface area (Å²) in [5.41, 5.74) is 0.810. The smallest absolute Gasteiger partial charge is 0.330 e. The van der Waals surface area contributed by atoms with Crippen molar-refractivity contribution in [3.63, 3.8) is 0 Å². The van der Waals surface area contributed by atoms with E-state index in [2.05, 4.69) is 6.92 Å². The molecule has 0 aliphatic heterocycles. The summed E-state index contributed by atoms with van der Waals surface area (Å²) >= 11 is 0. The minimum absolute atomic E-state index is 0.321. The quantitative estimate of drug-likeness (QED) is 0.272. The van der Waals surface area contributed by atoms with Gasteiger partial charge in [-0.15, -0.1) is 0 Å². The highest BCUT2D eigenvalue weighted by atomic mass is 16.5. The molecular formula is C21H32O4. The van der Waals surface area contributed by atoms with E-state index in [-0.39, 0.29) is 5.97 Å². The monoisotopic (exact) mass is 348 g/mol. The van der Waals surface area contributed by atoms with Gasteiger partial charge in [0, 0.05) is 11.6 Å². The first kappa shape index (κ1) is 21.1. The van der Waals surface area contributed by atoms with E-state index < -0.39 is 0 Å². The zero-order valence-corrected chi connectivity index (χ0v) is 15.9. The Bertz CT molecular complexity index is 523. The van der Waals surface area contributed by atoms with Gasteiger partial charge in [-0.1, -0.05) is 51.2 Å². The van der Waals surface area contributed by atoms with Gasteiger partial charge < -0.3 is 14.2 Å². The molecule has 1 rings (SSSR count). The summed E-state index contributed by atoms with van der Waals surface area (Å²) in [6.45, 7) is 7.63. The summed E-state index contributed by atoms with van der Waals surface area (Å²) in [5, 5.41) is 0. The molecule has 4 heteroatoms. The first-order chi connectivity index (χ1) is 12.2. The lowest BCUT2D eigenvalue weighted by molar-refractivity contribution is -0.137. The zero-order chi connectivity index (χ0) is 18.3. The van der Waals surface area contributed by atoms with Crippen molar-refractivity contribution in [2.75, 3.05) is 19.8 Å². The second kappa shape index (κ2) is 13.3. The second-order valence-corrected chi connectivity index (χ2v) is 5.81. The molecule has 0 bridgehead atoms. The summed E-state index contributed by atoms with van der Waals surface area (Å²) in [6, 6.07) is 5.64. The van der Waals surface area contributed by atoms with Gasteiger partial charge in [0.15, 0.2) is 11.5 Å². The Balaban J connectivity index is 2.48. The van der Waals surface area contributed by atoms with Crippen LogP contribution in [-0.4, -0.2) is 25.8 Å². The fraction of sp³-hybridized carbons (Fsp3) is 0.571. The van der Waals surface area contributed by atoms with E-state index in [0.717, 1.165) is 18.4 Å². The van der Waals surface area contributed by atoms with Gasteiger partial charge in [-0.25, -0.2) is 4.79 Å². The molecule has 0 atom stereocenters. The van der Waals surface area contributed by atoms with Crippen molar-refractivity contribution in [3.05, 3.63) is 29.8 Å². The summed E-state index contributed by atoms with van der Waals surface area (Å²) in [6.07, 6.45) is 10.2. The van der Waals surface area contributed by atoms with Crippen molar-refractivity contribution in [3.8, 4) is 11.5 Å². The van der Waals surface area contributed by atoms with Crippen molar-refractivity contribution in [2.45, 2.75) is 59.3 Å². The lowest BCUT2D eigenvalue weighted by atomic mass is 10.1. The fourth-order valence-electron chi connectivity index (χ4n) is 2.49. The fourth-order valence-corrected chi connectivity index (χ4v) is 2.49. The third kappa shape index (κ3) is 8.62. The van der Waals surface area contributed by atoms with E-state index in [1.165, 1.54) is 31.8 Å². The molecule has 25 heavy (non-hydrogen) atoms. The van der Waals surface area contributed by atoms with E-state index >= 15 is 0 Å². The maximum Gasteiger partial charge on any atom is 0.330 e. The van der Waals surface area contributed by atoms with Crippen LogP contribution in [0.3, 0.4) is 0 Å². The third-order valence-electron chi connectivity index (χ3n) is 3.74. The van der Waals surface area contributed by atoms with E-state index in [1.807, 2.05) is 32.0 Å². The number of esters is 1. The number of benzene rings is 1. The Morgan fingerprint density at radius 2 is 1.68 bits per heavy atom. The van der Waals surface area contributed by atoms with Crippen LogP contribution in [0.15, 0.2) is 24.3 Å². The number of carbonyl (C=O) groups is 1. The standard InChI is InChI=1S/C21H32O4/c1-4-7-8-9-10-11-17-25-20(22)16-15-18-13-12-14-19(23-5-2)21(18)24-6-3/h12-16H,4-11,17H2,1-3H3/b16-15+. The molecule has 4 nitrogen and oxygen atoms in total. The van der Waals surface area contributed by atoms with E-state index in [1.54, 1.807) is 6.08 Å². The molecule has 0 aliphatic rings. The van der Waals surface area contributed by atoms with Crippen molar-refractivity contribution in [1.29, 1.82) is 0 Å². The molecule has 0 N–H and O–H groups in total. The number of hydrogen-bond donors (Lipinski definition) is 0. The number of para-hydroxylation sites is 1. The van der Waals surface area contributed by atoms with Gasteiger partial charge in [0.2, 0.25) is 0 Å². The highest BCUT2D eigenvalue weighted by Crippen LogP contribution is 2.32. The highest BCUT2D eigenvalue weighted by molar-refractivity contribution is 5.87. The Hall–Kier alpha value is -1.97. The Morgan fingerprint density at radius 1 is 0.960 bits per heavy atom. The zero-order valence-electron chi connectivity index (χ0n) is 15.9. The average molecular weight is 348 g/mol. The number of rotatable bonds is 13. The largest absolute Gasteiger partial charge is 0.490 e. The van der Waals surface area contributed by atoms with Crippen LogP contribution in [0.25, 0.3) is 6.08 Å². The summed E-state index contributed by atoms with van der Waals surface area (Å²) in [7, 11) is 0. The van der Waals surface area contributed by atoms with Gasteiger partial charge >= 0.3 is 5.97 Å². The molecule has 0 spiro atoms. The maximum absolute atomic E-state index is 11.9. The predicted molar refractivity (Wildman–Crippen MR) is 102 cm³/mol. The van der Waals surface area contributed by atoms with E-state index in [0.29, 0.717) is 31.3 Å². The van der Waals surface area contributed by atoms with Crippen LogP contribution in [0.2, 0.25) is 0 Å². The lowest BCUT2D eigenvalue weighted by Crippen LogP contribution is -2.03. The highest BCUT2D eigenvalue weighted by Gasteiger charge is 2.09. The average Bonchev–Trinajstić information content (AvgIpc) is 2.61. The third-order valence-corrected chi connectivity index (χ3v) is 3.74. The van der Waals surface area contributed by atoms with Gasteiger partial charge in [-0.05, 0) is 32.4 Å². The summed E-state index contributed by atoms with van der Waals surface area (Å²) in [4.78, 5) is 11.9. The van der Waals surface area contributed by atoms with Gasteiger partial charge in [0.1, 0.15) is 0 Å². The number of unbranched alkanes of at least 4 members (excludes halogenated alkanes) is 5. The number of hydrogen-bond acceptors (Lipinski definition) is 4. The Kier molecular flexibility index (Phi) is 11.2. The van der Waals surface area contributed by atoms with Crippen LogP contribution in [-0.2, 0) is 9.53 Å². The first-order valence-electron chi connectivity index (χ1n) is 9.46. The molecule has 1 aromatic rings. The molecule has 0 aromatic heterocycles. The summed E-state index contributed by atoms with van der Waals surface area (Å²) in [5.74, 6) is 1.02. The molecule has 140 valence electrons. The van der Waals surface area contributed by atoms with Crippen molar-refractivity contribution in [2.24, 2.45) is 0 Å². The maximum atomic E-state index is 11.9. The van der Waals surface area contributed by atoms with E-state index in [9.17, 15) is 4.79 Å². The SMILES string of the molecule is CCCCCCCCOC(=O)/C=C/c1cccc(OCC)c1OCC. The summed E-state index contributed by atoms with van der Waals surface area (Å²) < 4.78 is 16.5. The normalized spacial score (nSPS) is 10.8. The molecule has 0 unspecified atom stereocenters. The number of ether oxygens (including phenoxy) is 3. The minimum Gasteiger partial charge on any atom is -0.490 e. The molecule has 0 saturated carbocycles. The topological polar surface area (TPSA) is 44.8 Å². The van der Waals surface area contributed by atoms with Crippen LogP contribution in [0.1, 0.15) is 64.9 Å². The second-order valence-electron chi connectivity index (χ2n) is 5.81. The minimum atomic E-state index is -0.321. The lowest BCUT2D eigenvalue weighted by Gasteiger charge is -2.13. The molecule has 0 fully saturated rings. The van der Waals surface area contributed by atoms with Gasteiger partial charge in [0.05, 0.1) is 19.8 Å². The van der Waals surface area contributed by atoms with Gasteiger partial charge in [-0.3, -0.25) is 0 Å². The van der Waals surface area contributed by atoms with Gasteiger partial charge in [-0.2, -0.15) is 0 Å². The van der Waals surface area contributed by atoms with Crippen LogP contribution < -0.4 is 9.47 Å². The van der Waals surface area contributed by atoms with Crippen LogP contribution in [0.4, 0.5) is 0 Å². The molecule has 0 saturated heterocycles. The molecule has 0 radical (unpaired) electrons. The van der Waals surface area contributed by atoms with Crippen LogP contribution >= 0.6 is 0 Å². The molecule has 1 aromatic carbocycles. The molecule has 0 aliphatic carbocycles. The van der Waals surface area contributed by atoms with Crippen LogP contribution in [0, 0.1) is 0 Å². The predicted octanol–water partition coefficient (Wildman–Crippen LogP) is 5.40. The van der Waals surface area contributed by atoms with Crippen molar-refractivity contribution >= 4 is 12.0 Å². The van der Waals surface area contributed by atoms with E-state index in [4.69, 9.17) is 14.2 Å². The Morgan fingerprint density at radius 3 is 2.40 bits per heavy atom. The molecular weight excluding hydrogens is 316 g/mol. The number of carbonyl (C=O) groups excluding carboxylic acids is 1. The van der Waals surface area contributed by atoms with Gasteiger partial charge in [0.25, 0.3) is 0 Å². The molecule has 0 heterocycles. The molecule has 0 amide bonds. The Labute approximate surface area is 152 Å². The van der Waals surface area contributed by atoms with Crippen molar-refractivity contribution in [1.82, 2.24) is 0 Å². The first-order valence-corrected chi connectivity index (χ1v) is 9.46.